The van der Waals surface area contributed by atoms with E-state index >= 15 is 0 Å². The van der Waals surface area contributed by atoms with E-state index in [9.17, 15) is 21.6 Å². The average Bonchev–Trinajstić information content (AvgIpc) is 2.15. The van der Waals surface area contributed by atoms with Crippen LogP contribution in [0.25, 0.3) is 0 Å². The molecule has 0 saturated heterocycles. The Labute approximate surface area is 88.4 Å². The van der Waals surface area contributed by atoms with Crippen LogP contribution in [-0.4, -0.2) is 13.4 Å². The van der Waals surface area contributed by atoms with Crippen LogP contribution < -0.4 is 5.14 Å². The monoisotopic (exact) mass is 251 g/mol. The number of sulfonamides is 1. The number of alkyl halides is 2. The predicted molar refractivity (Wildman–Crippen MR) is 45.2 cm³/mol. The summed E-state index contributed by atoms with van der Waals surface area (Å²) in [5.74, 6) is -1.46. The van der Waals surface area contributed by atoms with Crippen LogP contribution in [0.5, 0.6) is 0 Å². The number of nitrogens with two attached hydrogens (primary N) is 1. The van der Waals surface area contributed by atoms with Gasteiger partial charge in [-0.05, 0) is 6.07 Å². The molecular weight excluding hydrogens is 247 g/mol. The number of nitrogens with zero attached hydrogens (tertiary/aromatic N) is 2. The number of primary sulfonamides is 1. The molecule has 9 heteroatoms. The van der Waals surface area contributed by atoms with E-state index in [-0.39, 0.29) is 0 Å². The predicted octanol–water partition coefficient (Wildman–Crippen LogP) is 0.677. The van der Waals surface area contributed by atoms with Crippen LogP contribution in [-0.2, 0) is 10.0 Å². The lowest BCUT2D eigenvalue weighted by molar-refractivity contribution is 0.146. The summed E-state index contributed by atoms with van der Waals surface area (Å²) in [6.07, 6.45) is -3.23. The fraction of sp³-hybridized carbons (Fsp3) is 0.143. The van der Waals surface area contributed by atoms with Gasteiger partial charge in [-0.3, -0.25) is 0 Å². The van der Waals surface area contributed by atoms with Crippen LogP contribution in [0, 0.1) is 17.3 Å². The van der Waals surface area contributed by atoms with Crippen molar-refractivity contribution in [2.45, 2.75) is 11.5 Å². The molecule has 1 rings (SSSR count). The lowest BCUT2D eigenvalue weighted by Gasteiger charge is -2.06. The molecule has 16 heavy (non-hydrogen) atoms. The maximum Gasteiger partial charge on any atom is 0.266 e. The fourth-order valence-electron chi connectivity index (χ4n) is 0.953. The minimum Gasteiger partial charge on any atom is -0.223 e. The maximum absolute atomic E-state index is 12.9. The standard InChI is InChI=1S/C7H4F3N3O2S/c8-5(9)4-1-3(2-11)6(10)13-7(4)16(12,14)15/h1,5H,(H2,12,14,15). The smallest absolute Gasteiger partial charge is 0.223 e. The van der Waals surface area contributed by atoms with Gasteiger partial charge < -0.3 is 0 Å². The zero-order valence-corrected chi connectivity index (χ0v) is 8.30. The Balaban J connectivity index is 3.63. The van der Waals surface area contributed by atoms with Crippen LogP contribution in [0.2, 0.25) is 0 Å². The molecule has 0 saturated carbocycles. The molecule has 1 aromatic rings. The van der Waals surface area contributed by atoms with E-state index in [1.807, 2.05) is 0 Å². The molecule has 0 aliphatic rings. The number of rotatable bonds is 2. The van der Waals surface area contributed by atoms with E-state index in [2.05, 4.69) is 10.1 Å². The zero-order valence-electron chi connectivity index (χ0n) is 7.49. The third kappa shape index (κ3) is 2.29. The van der Waals surface area contributed by atoms with Gasteiger partial charge in [-0.25, -0.2) is 27.3 Å². The normalized spacial score (nSPS) is 11.5. The first-order valence-electron chi connectivity index (χ1n) is 3.69. The van der Waals surface area contributed by atoms with Crippen molar-refractivity contribution in [1.29, 1.82) is 5.26 Å². The number of hydrogen-bond acceptors (Lipinski definition) is 4. The summed E-state index contributed by atoms with van der Waals surface area (Å²) < 4.78 is 59.4. The van der Waals surface area contributed by atoms with Gasteiger partial charge in [0.15, 0.2) is 5.03 Å². The van der Waals surface area contributed by atoms with Gasteiger partial charge in [0.2, 0.25) is 5.95 Å². The van der Waals surface area contributed by atoms with Gasteiger partial charge in [-0.2, -0.15) is 9.65 Å². The second-order valence-electron chi connectivity index (χ2n) is 2.68. The third-order valence-corrected chi connectivity index (χ3v) is 2.46. The lowest BCUT2D eigenvalue weighted by Crippen LogP contribution is -2.18. The van der Waals surface area contributed by atoms with E-state index < -0.39 is 38.5 Å². The molecule has 0 bridgehead atoms. The summed E-state index contributed by atoms with van der Waals surface area (Å²) in [4.78, 5) is 2.75. The van der Waals surface area contributed by atoms with Crippen molar-refractivity contribution >= 4 is 10.0 Å². The molecule has 86 valence electrons. The Morgan fingerprint density at radius 1 is 1.50 bits per heavy atom. The first kappa shape index (κ1) is 12.4. The molecule has 0 aliphatic carbocycles. The molecule has 2 N–H and O–H groups in total. The van der Waals surface area contributed by atoms with Crippen LogP contribution in [0.15, 0.2) is 11.1 Å². The van der Waals surface area contributed by atoms with Crippen molar-refractivity contribution in [1.82, 2.24) is 4.98 Å². The molecule has 0 spiro atoms. The van der Waals surface area contributed by atoms with Gasteiger partial charge >= 0.3 is 0 Å². The summed E-state index contributed by atoms with van der Waals surface area (Å²) >= 11 is 0. The van der Waals surface area contributed by atoms with E-state index in [1.165, 1.54) is 6.07 Å². The van der Waals surface area contributed by atoms with Crippen LogP contribution in [0.4, 0.5) is 13.2 Å². The van der Waals surface area contributed by atoms with Crippen LogP contribution >= 0.6 is 0 Å². The number of hydrogen-bond donors (Lipinski definition) is 1. The van der Waals surface area contributed by atoms with E-state index in [4.69, 9.17) is 5.26 Å². The number of pyridine rings is 1. The van der Waals surface area contributed by atoms with Gasteiger partial charge in [0.1, 0.15) is 11.6 Å². The van der Waals surface area contributed by atoms with Crippen LogP contribution in [0.3, 0.4) is 0 Å². The van der Waals surface area contributed by atoms with E-state index in [1.54, 1.807) is 0 Å². The third-order valence-electron chi connectivity index (χ3n) is 1.59. The van der Waals surface area contributed by atoms with Crippen molar-refractivity contribution in [3.05, 3.63) is 23.1 Å². The minimum absolute atomic E-state index is 0.409. The molecule has 5 nitrogen and oxygen atoms in total. The largest absolute Gasteiger partial charge is 0.266 e. The van der Waals surface area contributed by atoms with Gasteiger partial charge in [0, 0.05) is 0 Å². The highest BCUT2D eigenvalue weighted by atomic mass is 32.2. The first-order valence-corrected chi connectivity index (χ1v) is 5.23. The van der Waals surface area contributed by atoms with Gasteiger partial charge in [-0.1, -0.05) is 0 Å². The van der Waals surface area contributed by atoms with E-state index in [0.29, 0.717) is 6.07 Å². The summed E-state index contributed by atoms with van der Waals surface area (Å²) in [5, 5.41) is 11.7. The maximum atomic E-state index is 12.9. The van der Waals surface area contributed by atoms with Crippen molar-refractivity contribution in [3.8, 4) is 6.07 Å². The average molecular weight is 251 g/mol. The molecule has 0 fully saturated rings. The quantitative estimate of drug-likeness (QED) is 0.781. The van der Waals surface area contributed by atoms with Crippen molar-refractivity contribution in [2.24, 2.45) is 5.14 Å². The zero-order chi connectivity index (χ0) is 12.5. The Hall–Kier alpha value is -1.66. The molecule has 0 aromatic carbocycles. The van der Waals surface area contributed by atoms with Crippen molar-refractivity contribution in [2.75, 3.05) is 0 Å². The number of aromatic nitrogens is 1. The highest BCUT2D eigenvalue weighted by molar-refractivity contribution is 7.89. The summed E-state index contributed by atoms with van der Waals surface area (Å²) in [5.41, 5.74) is -1.87. The topological polar surface area (TPSA) is 96.8 Å². The Bertz CT molecular complexity index is 565. The Morgan fingerprint density at radius 2 is 2.06 bits per heavy atom. The highest BCUT2D eigenvalue weighted by Crippen LogP contribution is 2.25. The van der Waals surface area contributed by atoms with Gasteiger partial charge in [0.25, 0.3) is 16.4 Å². The fourth-order valence-corrected chi connectivity index (χ4v) is 1.64. The van der Waals surface area contributed by atoms with Gasteiger partial charge in [-0.15, -0.1) is 0 Å². The molecule has 0 unspecified atom stereocenters. The lowest BCUT2D eigenvalue weighted by atomic mass is 10.2. The molecule has 1 heterocycles. The van der Waals surface area contributed by atoms with Crippen molar-refractivity contribution in [3.63, 3.8) is 0 Å². The Kier molecular flexibility index (Phi) is 3.16. The molecule has 0 amide bonds. The molecule has 0 radical (unpaired) electrons. The number of halogens is 3. The highest BCUT2D eigenvalue weighted by Gasteiger charge is 2.25. The second kappa shape index (κ2) is 4.07. The SMILES string of the molecule is N#Cc1cc(C(F)F)c(S(N)(=O)=O)nc1F. The van der Waals surface area contributed by atoms with Crippen molar-refractivity contribution < 1.29 is 21.6 Å². The molecular formula is C7H4F3N3O2S. The van der Waals surface area contributed by atoms with Gasteiger partial charge in [0.05, 0.1) is 5.56 Å². The second-order valence-corrected chi connectivity index (χ2v) is 4.16. The minimum atomic E-state index is -4.57. The van der Waals surface area contributed by atoms with Crippen LogP contribution in [0.1, 0.15) is 17.6 Å². The van der Waals surface area contributed by atoms with E-state index in [0.717, 1.165) is 0 Å². The summed E-state index contributed by atoms with van der Waals surface area (Å²) in [6.45, 7) is 0. The summed E-state index contributed by atoms with van der Waals surface area (Å²) in [7, 11) is -4.57. The first-order chi connectivity index (χ1) is 7.27. The Morgan fingerprint density at radius 3 is 2.44 bits per heavy atom. The number of nitriles is 1. The molecule has 0 atom stereocenters. The summed E-state index contributed by atoms with van der Waals surface area (Å²) in [6, 6.07) is 1.67. The molecule has 1 aromatic heterocycles. The molecule has 0 aliphatic heterocycles.